The van der Waals surface area contributed by atoms with E-state index in [1.165, 1.54) is 6.07 Å². The number of fused-ring (bicyclic) bond motifs is 1. The maximum atomic E-state index is 12.3. The van der Waals surface area contributed by atoms with Crippen LogP contribution < -0.4 is 15.5 Å². The Hall–Kier alpha value is -2.57. The van der Waals surface area contributed by atoms with Crippen LogP contribution in [0.15, 0.2) is 47.3 Å². The minimum absolute atomic E-state index is 0.00229. The van der Waals surface area contributed by atoms with Crippen molar-refractivity contribution in [3.8, 4) is 5.75 Å². The van der Waals surface area contributed by atoms with Gasteiger partial charge >= 0.3 is 11.0 Å². The second-order valence-electron chi connectivity index (χ2n) is 9.76. The first-order valence-corrected chi connectivity index (χ1v) is 14.5. The maximum Gasteiger partial charge on any atom is 0.408 e. The number of benzene rings is 2. The van der Waals surface area contributed by atoms with Crippen molar-refractivity contribution in [3.05, 3.63) is 63.3 Å². The molecule has 1 aromatic heterocycles. The molecule has 0 unspecified atom stereocenters. The molecule has 0 aliphatic rings. The number of ether oxygens (including phenoxy) is 2. The van der Waals surface area contributed by atoms with Gasteiger partial charge in [0.2, 0.25) is 0 Å². The minimum atomic E-state index is -0.783. The summed E-state index contributed by atoms with van der Waals surface area (Å²) in [6, 6.07) is 12.5. The first-order valence-electron chi connectivity index (χ1n) is 12.6. The molecule has 0 aliphatic heterocycles. The number of H-pyrrole nitrogens is 1. The van der Waals surface area contributed by atoms with Crippen LogP contribution in [0.1, 0.15) is 50.5 Å². The Balaban J connectivity index is 1.30. The van der Waals surface area contributed by atoms with Gasteiger partial charge in [-0.3, -0.25) is 4.79 Å². The average molecular weight is 564 g/mol. The van der Waals surface area contributed by atoms with E-state index in [9.17, 15) is 19.8 Å². The molecule has 5 N–H and O–H groups in total. The van der Waals surface area contributed by atoms with Crippen LogP contribution in [0.2, 0.25) is 0 Å². The number of rotatable bonds is 14. The van der Waals surface area contributed by atoms with Crippen molar-refractivity contribution in [1.29, 1.82) is 0 Å². The number of aromatic amines is 1. The average Bonchev–Trinajstić information content (AvgIpc) is 3.26. The number of aliphatic hydroxyl groups is 1. The molecule has 0 aliphatic carbocycles. The lowest BCUT2D eigenvalue weighted by atomic mass is 10.1. The number of alkyl carbamates (subject to hydrolysis) is 1. The van der Waals surface area contributed by atoms with Gasteiger partial charge < -0.3 is 35.3 Å². The van der Waals surface area contributed by atoms with E-state index >= 15 is 0 Å². The van der Waals surface area contributed by atoms with E-state index in [4.69, 9.17) is 9.47 Å². The molecule has 0 bridgehead atoms. The van der Waals surface area contributed by atoms with Crippen LogP contribution in [0.5, 0.6) is 5.75 Å². The van der Waals surface area contributed by atoms with Crippen molar-refractivity contribution < 1.29 is 24.5 Å². The first-order chi connectivity index (χ1) is 18.1. The van der Waals surface area contributed by atoms with Gasteiger partial charge in [-0.1, -0.05) is 47.7 Å². The van der Waals surface area contributed by atoms with E-state index in [2.05, 4.69) is 15.6 Å². The molecule has 0 saturated heterocycles. The molecule has 0 saturated carbocycles. The lowest BCUT2D eigenvalue weighted by molar-refractivity contribution is 0.0441. The third-order valence-corrected chi connectivity index (χ3v) is 7.46. The molecular weight excluding hydrogens is 526 g/mol. The summed E-state index contributed by atoms with van der Waals surface area (Å²) in [6.45, 7) is 7.50. The van der Waals surface area contributed by atoms with Crippen LogP contribution >= 0.6 is 23.1 Å². The third-order valence-electron chi connectivity index (χ3n) is 5.46. The zero-order valence-electron chi connectivity index (χ0n) is 22.0. The molecule has 2 aromatic carbocycles. The van der Waals surface area contributed by atoms with Gasteiger partial charge in [-0.05, 0) is 44.6 Å². The van der Waals surface area contributed by atoms with E-state index in [1.807, 2.05) is 51.1 Å². The number of hydrogen-bond donors (Lipinski definition) is 5. The Bertz CT molecular complexity index is 1210. The summed E-state index contributed by atoms with van der Waals surface area (Å²) in [6.07, 6.45) is -0.379. The van der Waals surface area contributed by atoms with Crippen LogP contribution in [-0.2, 0) is 9.47 Å². The number of aliphatic hydroxyl groups excluding tert-OH is 1. The van der Waals surface area contributed by atoms with Gasteiger partial charge in [0.15, 0.2) is 0 Å². The summed E-state index contributed by atoms with van der Waals surface area (Å²) >= 11 is 2.77. The summed E-state index contributed by atoms with van der Waals surface area (Å²) in [7, 11) is 0. The lowest BCUT2D eigenvalue weighted by Crippen LogP contribution is -2.36. The predicted octanol–water partition coefficient (Wildman–Crippen LogP) is 4.32. The number of amides is 1. The Labute approximate surface area is 231 Å². The first kappa shape index (κ1) is 30.0. The number of hydrogen-bond acceptors (Lipinski definition) is 9. The fraction of sp³-hybridized carbons (Fsp3) is 0.481. The normalized spacial score (nSPS) is 13.4. The molecule has 3 rings (SSSR count). The molecule has 208 valence electrons. The quantitative estimate of drug-likeness (QED) is 0.183. The Morgan fingerprint density at radius 1 is 1.16 bits per heavy atom. The topological polar surface area (TPSA) is 133 Å². The zero-order valence-corrected chi connectivity index (χ0v) is 23.6. The van der Waals surface area contributed by atoms with Gasteiger partial charge in [-0.25, -0.2) is 4.79 Å². The molecule has 0 radical (unpaired) electrons. The van der Waals surface area contributed by atoms with Crippen LogP contribution in [0, 0.1) is 0 Å². The number of aromatic hydroxyl groups is 1. The van der Waals surface area contributed by atoms with Crippen LogP contribution in [0.3, 0.4) is 0 Å². The fourth-order valence-electron chi connectivity index (χ4n) is 3.72. The van der Waals surface area contributed by atoms with Gasteiger partial charge in [0.25, 0.3) is 0 Å². The fourth-order valence-corrected chi connectivity index (χ4v) is 5.45. The Morgan fingerprint density at radius 3 is 2.66 bits per heavy atom. The van der Waals surface area contributed by atoms with Crippen molar-refractivity contribution in [2.24, 2.45) is 0 Å². The largest absolute Gasteiger partial charge is 0.506 e. The molecule has 0 spiro atoms. The minimum Gasteiger partial charge on any atom is -0.506 e. The smallest absolute Gasteiger partial charge is 0.408 e. The zero-order chi connectivity index (χ0) is 27.5. The monoisotopic (exact) mass is 563 g/mol. The van der Waals surface area contributed by atoms with Crippen molar-refractivity contribution >= 4 is 39.4 Å². The second-order valence-corrected chi connectivity index (χ2v) is 12.0. The number of thiazole rings is 1. The highest BCUT2D eigenvalue weighted by Gasteiger charge is 2.21. The Morgan fingerprint density at radius 2 is 1.92 bits per heavy atom. The lowest BCUT2D eigenvalue weighted by Gasteiger charge is -2.24. The maximum absolute atomic E-state index is 12.3. The van der Waals surface area contributed by atoms with Crippen LogP contribution in [0.4, 0.5) is 4.79 Å². The van der Waals surface area contributed by atoms with E-state index < -0.39 is 17.8 Å². The third kappa shape index (κ3) is 9.63. The number of carbonyl (C=O) groups excluding carboxylic acids is 1. The number of phenolic OH excluding ortho intramolecular Hbond substituents is 1. The molecule has 38 heavy (non-hydrogen) atoms. The number of thioether (sulfide) groups is 1. The highest BCUT2D eigenvalue weighted by atomic mass is 32.2. The number of phenols is 1. The molecule has 9 nitrogen and oxygen atoms in total. The summed E-state index contributed by atoms with van der Waals surface area (Å²) in [5.74, 6) is 1.80. The molecular formula is C27H37N3O6S2. The van der Waals surface area contributed by atoms with E-state index in [1.54, 1.807) is 17.8 Å². The van der Waals surface area contributed by atoms with Crippen molar-refractivity contribution in [1.82, 2.24) is 15.6 Å². The SMILES string of the molecule is CC(C)(C)OC(=O)N[C@H](COCCCSCCNC[C@H](O)c1ccc(O)c2[nH]c(=O)sc12)c1ccccc1. The van der Waals surface area contributed by atoms with Gasteiger partial charge in [0.05, 0.1) is 23.5 Å². The van der Waals surface area contributed by atoms with Gasteiger partial charge in [0, 0.05) is 31.0 Å². The Kier molecular flexibility index (Phi) is 11.5. The number of carbonyl (C=O) groups is 1. The highest BCUT2D eigenvalue weighted by molar-refractivity contribution is 7.99. The van der Waals surface area contributed by atoms with Crippen molar-refractivity contribution in [2.75, 3.05) is 37.8 Å². The molecule has 1 amide bonds. The predicted molar refractivity (Wildman–Crippen MR) is 153 cm³/mol. The molecule has 11 heteroatoms. The van der Waals surface area contributed by atoms with Gasteiger partial charge in [-0.2, -0.15) is 11.8 Å². The van der Waals surface area contributed by atoms with E-state index in [0.717, 1.165) is 41.4 Å². The van der Waals surface area contributed by atoms with Crippen LogP contribution in [0.25, 0.3) is 10.2 Å². The summed E-state index contributed by atoms with van der Waals surface area (Å²) < 4.78 is 11.8. The number of nitrogens with one attached hydrogen (secondary N) is 3. The summed E-state index contributed by atoms with van der Waals surface area (Å²) in [4.78, 5) is 26.2. The molecule has 0 fully saturated rings. The second kappa shape index (κ2) is 14.5. The van der Waals surface area contributed by atoms with E-state index in [0.29, 0.717) is 35.5 Å². The molecule has 2 atom stereocenters. The molecule has 1 heterocycles. The highest BCUT2D eigenvalue weighted by Crippen LogP contribution is 2.31. The number of aromatic nitrogens is 1. The van der Waals surface area contributed by atoms with Crippen molar-refractivity contribution in [3.63, 3.8) is 0 Å². The van der Waals surface area contributed by atoms with Crippen molar-refractivity contribution in [2.45, 2.75) is 44.9 Å². The standard InChI is InChI=1S/C27H37N3O6S2/c1-27(2,3)36-25(33)29-20(18-8-5-4-6-9-18)17-35-13-7-14-37-15-12-28-16-22(32)19-10-11-21(31)23-24(19)38-26(34)30-23/h4-6,8-11,20,22,28,31-32H,7,12-17H2,1-3H3,(H,29,33)(H,30,34)/t20-,22+/m1/s1. The van der Waals surface area contributed by atoms with Gasteiger partial charge in [0.1, 0.15) is 16.9 Å². The summed E-state index contributed by atoms with van der Waals surface area (Å²) in [5.41, 5.74) is 1.37. The van der Waals surface area contributed by atoms with Gasteiger partial charge in [-0.15, -0.1) is 0 Å². The summed E-state index contributed by atoms with van der Waals surface area (Å²) in [5, 5.41) is 26.6. The van der Waals surface area contributed by atoms with Crippen LogP contribution in [-0.4, -0.2) is 64.7 Å². The van der Waals surface area contributed by atoms with E-state index in [-0.39, 0.29) is 16.7 Å². The molecule has 3 aromatic rings.